The molecule has 2 amide bonds. The number of hydrogen-bond acceptors (Lipinski definition) is 4. The lowest BCUT2D eigenvalue weighted by atomic mass is 9.89. The number of carbonyl (C=O) groups is 2. The minimum Gasteiger partial charge on any atom is -0.341 e. The molecule has 2 aromatic rings. The van der Waals surface area contributed by atoms with Gasteiger partial charge in [0.1, 0.15) is 0 Å². The Labute approximate surface area is 183 Å². The summed E-state index contributed by atoms with van der Waals surface area (Å²) in [4.78, 5) is 32.9. The zero-order chi connectivity index (χ0) is 21.3. The van der Waals surface area contributed by atoms with Crippen LogP contribution in [0.25, 0.3) is 0 Å². The van der Waals surface area contributed by atoms with Crippen LogP contribution in [0.15, 0.2) is 35.7 Å². The number of fused-ring (bicyclic) bond motifs is 1. The fraction of sp³-hybridized carbons (Fsp3) is 0.500. The summed E-state index contributed by atoms with van der Waals surface area (Å²) in [5.74, 6) is 0.274. The summed E-state index contributed by atoms with van der Waals surface area (Å²) in [5.41, 5.74) is 3.90. The number of amides is 2. The van der Waals surface area contributed by atoms with Crippen LogP contribution in [0.2, 0.25) is 0 Å². The highest BCUT2D eigenvalue weighted by Gasteiger charge is 2.37. The van der Waals surface area contributed by atoms with E-state index in [4.69, 9.17) is 0 Å². The summed E-state index contributed by atoms with van der Waals surface area (Å²) in [6, 6.07) is 10.7. The molecule has 3 heterocycles. The smallest absolute Gasteiger partial charge is 0.239 e. The van der Waals surface area contributed by atoms with E-state index in [0.717, 1.165) is 32.5 Å². The lowest BCUT2D eigenvalue weighted by Crippen LogP contribution is -2.51. The quantitative estimate of drug-likeness (QED) is 0.756. The summed E-state index contributed by atoms with van der Waals surface area (Å²) in [6.07, 6.45) is 1.83. The van der Waals surface area contributed by atoms with Gasteiger partial charge in [-0.3, -0.25) is 14.5 Å². The minimum atomic E-state index is -0.202. The Morgan fingerprint density at radius 1 is 1.00 bits per heavy atom. The van der Waals surface area contributed by atoms with Gasteiger partial charge in [-0.25, -0.2) is 0 Å². The van der Waals surface area contributed by atoms with Crippen molar-refractivity contribution in [3.63, 3.8) is 0 Å². The third-order valence-electron chi connectivity index (χ3n) is 6.59. The second-order valence-corrected chi connectivity index (χ2v) is 9.41. The van der Waals surface area contributed by atoms with Gasteiger partial charge >= 0.3 is 0 Å². The molecular formula is C24H31N3O2S. The third-order valence-corrected chi connectivity index (χ3v) is 7.59. The number of aryl methyl sites for hydroxylation is 1. The van der Waals surface area contributed by atoms with E-state index in [-0.39, 0.29) is 23.9 Å². The van der Waals surface area contributed by atoms with Crippen molar-refractivity contribution in [2.45, 2.75) is 45.7 Å². The molecule has 0 radical (unpaired) electrons. The first-order valence-corrected chi connectivity index (χ1v) is 11.8. The molecule has 1 aromatic heterocycles. The molecule has 0 N–H and O–H groups in total. The van der Waals surface area contributed by atoms with Gasteiger partial charge in [-0.1, -0.05) is 24.3 Å². The van der Waals surface area contributed by atoms with Crippen LogP contribution in [0.4, 0.5) is 0 Å². The molecule has 2 atom stereocenters. The lowest BCUT2D eigenvalue weighted by molar-refractivity contribution is -0.137. The summed E-state index contributed by atoms with van der Waals surface area (Å²) < 4.78 is 0. The van der Waals surface area contributed by atoms with E-state index < -0.39 is 0 Å². The van der Waals surface area contributed by atoms with Gasteiger partial charge in [-0.15, -0.1) is 11.3 Å². The molecule has 6 heteroatoms. The maximum Gasteiger partial charge on any atom is 0.239 e. The molecule has 0 saturated carbocycles. The van der Waals surface area contributed by atoms with Crippen molar-refractivity contribution in [3.8, 4) is 0 Å². The fourth-order valence-corrected chi connectivity index (χ4v) is 5.76. The normalized spacial score (nSPS) is 21.1. The van der Waals surface area contributed by atoms with Gasteiger partial charge in [0.2, 0.25) is 11.8 Å². The molecule has 1 aromatic carbocycles. The van der Waals surface area contributed by atoms with Crippen LogP contribution in [0, 0.1) is 6.92 Å². The Hall–Kier alpha value is -2.18. The van der Waals surface area contributed by atoms with Crippen molar-refractivity contribution in [1.82, 2.24) is 14.7 Å². The molecule has 1 fully saturated rings. The molecule has 5 nitrogen and oxygen atoms in total. The number of nitrogens with zero attached hydrogens (tertiary/aromatic N) is 3. The van der Waals surface area contributed by atoms with Crippen LogP contribution in [0.1, 0.15) is 47.9 Å². The average Bonchev–Trinajstić information content (AvgIpc) is 3.08. The van der Waals surface area contributed by atoms with Crippen molar-refractivity contribution in [2.75, 3.05) is 32.7 Å². The zero-order valence-electron chi connectivity index (χ0n) is 18.1. The highest BCUT2D eigenvalue weighted by molar-refractivity contribution is 7.10. The maximum absolute atomic E-state index is 13.5. The molecule has 0 aliphatic carbocycles. The second kappa shape index (κ2) is 8.90. The van der Waals surface area contributed by atoms with Gasteiger partial charge in [0.05, 0.1) is 12.1 Å². The van der Waals surface area contributed by atoms with Gasteiger partial charge in [0, 0.05) is 44.5 Å². The van der Waals surface area contributed by atoms with Gasteiger partial charge < -0.3 is 9.80 Å². The topological polar surface area (TPSA) is 43.9 Å². The Balaban J connectivity index is 1.59. The number of thiophene rings is 1. The molecule has 0 bridgehead atoms. The van der Waals surface area contributed by atoms with Crippen molar-refractivity contribution in [2.24, 2.45) is 0 Å². The number of carbonyl (C=O) groups excluding carboxylic acids is 2. The van der Waals surface area contributed by atoms with Gasteiger partial charge in [-0.2, -0.15) is 0 Å². The van der Waals surface area contributed by atoms with Gasteiger partial charge in [-0.05, 0) is 54.8 Å². The van der Waals surface area contributed by atoms with Gasteiger partial charge in [0.15, 0.2) is 0 Å². The van der Waals surface area contributed by atoms with Crippen LogP contribution < -0.4 is 0 Å². The van der Waals surface area contributed by atoms with Crippen molar-refractivity contribution < 1.29 is 9.59 Å². The highest BCUT2D eigenvalue weighted by atomic mass is 32.1. The highest BCUT2D eigenvalue weighted by Crippen LogP contribution is 2.40. The number of benzene rings is 1. The Bertz CT molecular complexity index is 925. The predicted octanol–water partition coefficient (Wildman–Crippen LogP) is 3.47. The van der Waals surface area contributed by atoms with E-state index >= 15 is 0 Å². The predicted molar refractivity (Wildman–Crippen MR) is 121 cm³/mol. The molecular weight excluding hydrogens is 394 g/mol. The van der Waals surface area contributed by atoms with E-state index in [2.05, 4.69) is 54.5 Å². The molecule has 30 heavy (non-hydrogen) atoms. The third kappa shape index (κ3) is 4.03. The van der Waals surface area contributed by atoms with Gasteiger partial charge in [0.25, 0.3) is 0 Å². The molecule has 4 rings (SSSR count). The Kier molecular flexibility index (Phi) is 6.25. The molecule has 160 valence electrons. The van der Waals surface area contributed by atoms with E-state index in [1.54, 1.807) is 6.92 Å². The SMILES string of the molecule is CC(=O)N1CCCN(C(=O)[C@H](C)N2CCc3sccc3[C@H]2c2ccccc2C)CC1. The molecule has 2 aliphatic rings. The summed E-state index contributed by atoms with van der Waals surface area (Å²) in [5, 5.41) is 2.18. The molecule has 2 aliphatic heterocycles. The standard InChI is InChI=1S/C24H31N3O2S/c1-17-7-4-5-8-20(17)23-21-10-16-30-22(21)9-13-27(23)18(2)24(29)26-12-6-11-25(14-15-26)19(3)28/h4-5,7-8,10,16,18,23H,6,9,11-15H2,1-3H3/t18-,23+/m0/s1. The first-order valence-electron chi connectivity index (χ1n) is 10.9. The number of hydrogen-bond donors (Lipinski definition) is 0. The van der Waals surface area contributed by atoms with Crippen molar-refractivity contribution >= 4 is 23.2 Å². The average molecular weight is 426 g/mol. The van der Waals surface area contributed by atoms with Crippen molar-refractivity contribution in [3.05, 3.63) is 57.3 Å². The van der Waals surface area contributed by atoms with E-state index in [1.165, 1.54) is 21.6 Å². The monoisotopic (exact) mass is 425 g/mol. The maximum atomic E-state index is 13.5. The number of rotatable bonds is 3. The summed E-state index contributed by atoms with van der Waals surface area (Å²) in [6.45, 7) is 9.41. The summed E-state index contributed by atoms with van der Waals surface area (Å²) in [7, 11) is 0. The van der Waals surface area contributed by atoms with Crippen LogP contribution in [-0.2, 0) is 16.0 Å². The second-order valence-electron chi connectivity index (χ2n) is 8.41. The Morgan fingerprint density at radius 2 is 1.73 bits per heavy atom. The van der Waals surface area contributed by atoms with Crippen molar-refractivity contribution in [1.29, 1.82) is 0 Å². The largest absolute Gasteiger partial charge is 0.341 e. The zero-order valence-corrected chi connectivity index (χ0v) is 19.0. The van der Waals surface area contributed by atoms with Crippen LogP contribution in [-0.4, -0.2) is 65.3 Å². The van der Waals surface area contributed by atoms with E-state index in [1.807, 2.05) is 21.1 Å². The first kappa shape index (κ1) is 21.1. The minimum absolute atomic E-state index is 0.0954. The molecule has 1 saturated heterocycles. The van der Waals surface area contributed by atoms with Crippen LogP contribution in [0.5, 0.6) is 0 Å². The van der Waals surface area contributed by atoms with Crippen LogP contribution in [0.3, 0.4) is 0 Å². The van der Waals surface area contributed by atoms with Crippen LogP contribution >= 0.6 is 11.3 Å². The fourth-order valence-electron chi connectivity index (χ4n) is 4.85. The first-order chi connectivity index (χ1) is 14.5. The Morgan fingerprint density at radius 3 is 2.50 bits per heavy atom. The molecule has 0 unspecified atom stereocenters. The van der Waals surface area contributed by atoms with E-state index in [9.17, 15) is 9.59 Å². The summed E-state index contributed by atoms with van der Waals surface area (Å²) >= 11 is 1.83. The molecule has 0 spiro atoms. The van der Waals surface area contributed by atoms with E-state index in [0.29, 0.717) is 13.1 Å². The lowest BCUT2D eigenvalue weighted by Gasteiger charge is -2.41.